The Morgan fingerprint density at radius 3 is 2.95 bits per heavy atom. The van der Waals surface area contributed by atoms with Crippen LogP contribution in [0.15, 0.2) is 28.4 Å². The number of nitrogens with one attached hydrogen (secondary N) is 1. The van der Waals surface area contributed by atoms with Gasteiger partial charge < -0.3 is 0 Å². The zero-order chi connectivity index (χ0) is 13.2. The second kappa shape index (κ2) is 5.20. The van der Waals surface area contributed by atoms with E-state index in [1.165, 1.54) is 22.7 Å². The minimum absolute atomic E-state index is 0.147. The Labute approximate surface area is 121 Å². The van der Waals surface area contributed by atoms with Crippen molar-refractivity contribution in [3.05, 3.63) is 39.0 Å². The first-order valence-corrected chi connectivity index (χ1v) is 8.09. The second-order valence-corrected chi connectivity index (χ2v) is 6.41. The number of amides is 1. The highest BCUT2D eigenvalue weighted by Crippen LogP contribution is 2.29. The SMILES string of the molecule is Cc1nc(-c2ccsc2)sc1C(=O)Nc1nccs1. The van der Waals surface area contributed by atoms with Crippen LogP contribution in [-0.4, -0.2) is 15.9 Å². The smallest absolute Gasteiger partial charge is 0.269 e. The summed E-state index contributed by atoms with van der Waals surface area (Å²) in [6, 6.07) is 2.01. The van der Waals surface area contributed by atoms with E-state index in [0.29, 0.717) is 10.0 Å². The minimum Gasteiger partial charge on any atom is -0.297 e. The van der Waals surface area contributed by atoms with Crippen molar-refractivity contribution in [3.63, 3.8) is 0 Å². The zero-order valence-electron chi connectivity index (χ0n) is 9.91. The van der Waals surface area contributed by atoms with Gasteiger partial charge in [-0.15, -0.1) is 22.7 Å². The average Bonchev–Trinajstić information content (AvgIpc) is 3.07. The highest BCUT2D eigenvalue weighted by molar-refractivity contribution is 7.18. The van der Waals surface area contributed by atoms with Gasteiger partial charge in [0, 0.05) is 22.5 Å². The molecule has 0 aromatic carbocycles. The molecule has 3 aromatic heterocycles. The van der Waals surface area contributed by atoms with Crippen molar-refractivity contribution in [1.82, 2.24) is 9.97 Å². The van der Waals surface area contributed by atoms with Gasteiger partial charge in [0.15, 0.2) is 5.13 Å². The first-order chi connectivity index (χ1) is 9.24. The molecule has 0 aliphatic carbocycles. The van der Waals surface area contributed by atoms with E-state index in [-0.39, 0.29) is 5.91 Å². The molecular formula is C12H9N3OS3. The summed E-state index contributed by atoms with van der Waals surface area (Å²) < 4.78 is 0. The second-order valence-electron chi connectivity index (χ2n) is 3.74. The summed E-state index contributed by atoms with van der Waals surface area (Å²) in [7, 11) is 0. The number of thiazole rings is 2. The molecule has 0 bridgehead atoms. The molecule has 0 fully saturated rings. The Balaban J connectivity index is 1.87. The molecule has 0 unspecified atom stereocenters. The van der Waals surface area contributed by atoms with Gasteiger partial charge in [-0.05, 0) is 18.4 Å². The number of rotatable bonds is 3. The molecule has 3 heterocycles. The van der Waals surface area contributed by atoms with Gasteiger partial charge in [0.1, 0.15) is 9.88 Å². The predicted octanol–water partition coefficient (Wildman–Crippen LogP) is 3.89. The van der Waals surface area contributed by atoms with Gasteiger partial charge >= 0.3 is 0 Å². The molecule has 0 atom stereocenters. The van der Waals surface area contributed by atoms with E-state index in [9.17, 15) is 4.79 Å². The third kappa shape index (κ3) is 2.58. The molecule has 3 rings (SSSR count). The van der Waals surface area contributed by atoms with Crippen LogP contribution in [0.4, 0.5) is 5.13 Å². The van der Waals surface area contributed by atoms with E-state index in [2.05, 4.69) is 15.3 Å². The summed E-state index contributed by atoms with van der Waals surface area (Å²) in [6.07, 6.45) is 1.66. The fourth-order valence-corrected chi connectivity index (χ4v) is 3.75. The Morgan fingerprint density at radius 1 is 1.37 bits per heavy atom. The van der Waals surface area contributed by atoms with Crippen LogP contribution in [0.25, 0.3) is 10.6 Å². The topological polar surface area (TPSA) is 54.9 Å². The number of aromatic nitrogens is 2. The highest BCUT2D eigenvalue weighted by atomic mass is 32.1. The summed E-state index contributed by atoms with van der Waals surface area (Å²) in [4.78, 5) is 21.3. The van der Waals surface area contributed by atoms with Crippen LogP contribution in [0.3, 0.4) is 0 Å². The summed E-state index contributed by atoms with van der Waals surface area (Å²) in [5.74, 6) is -0.147. The predicted molar refractivity (Wildman–Crippen MR) is 80.2 cm³/mol. The van der Waals surface area contributed by atoms with Gasteiger partial charge in [-0.3, -0.25) is 10.1 Å². The molecule has 4 nitrogen and oxygen atoms in total. The molecule has 0 radical (unpaired) electrons. The number of anilines is 1. The number of hydrogen-bond acceptors (Lipinski definition) is 6. The molecule has 3 aromatic rings. The van der Waals surface area contributed by atoms with Crippen molar-refractivity contribution < 1.29 is 4.79 Å². The quantitative estimate of drug-likeness (QED) is 0.798. The summed E-state index contributed by atoms with van der Waals surface area (Å²) in [5.41, 5.74) is 1.81. The Bertz CT molecular complexity index is 686. The minimum atomic E-state index is -0.147. The normalized spacial score (nSPS) is 10.6. The van der Waals surface area contributed by atoms with Crippen molar-refractivity contribution in [2.24, 2.45) is 0 Å². The number of nitrogens with zero attached hydrogens (tertiary/aromatic N) is 2. The molecule has 0 aliphatic rings. The lowest BCUT2D eigenvalue weighted by Gasteiger charge is -1.98. The lowest BCUT2D eigenvalue weighted by Crippen LogP contribution is -2.11. The van der Waals surface area contributed by atoms with Crippen LogP contribution in [-0.2, 0) is 0 Å². The first-order valence-electron chi connectivity index (χ1n) is 5.45. The molecule has 0 spiro atoms. The first kappa shape index (κ1) is 12.5. The van der Waals surface area contributed by atoms with Crippen LogP contribution in [0.2, 0.25) is 0 Å². The molecular weight excluding hydrogens is 298 g/mol. The van der Waals surface area contributed by atoms with E-state index in [0.717, 1.165) is 16.3 Å². The Morgan fingerprint density at radius 2 is 2.26 bits per heavy atom. The maximum atomic E-state index is 12.1. The summed E-state index contributed by atoms with van der Waals surface area (Å²) >= 11 is 4.43. The Kier molecular flexibility index (Phi) is 3.41. The molecule has 0 saturated carbocycles. The molecule has 0 saturated heterocycles. The third-order valence-electron chi connectivity index (χ3n) is 2.42. The lowest BCUT2D eigenvalue weighted by atomic mass is 10.3. The Hall–Kier alpha value is -1.57. The van der Waals surface area contributed by atoms with E-state index in [4.69, 9.17) is 0 Å². The lowest BCUT2D eigenvalue weighted by molar-refractivity contribution is 0.103. The van der Waals surface area contributed by atoms with E-state index in [1.54, 1.807) is 17.5 Å². The number of aryl methyl sites for hydroxylation is 1. The molecule has 7 heteroatoms. The number of carbonyl (C=O) groups is 1. The fraction of sp³-hybridized carbons (Fsp3) is 0.0833. The highest BCUT2D eigenvalue weighted by Gasteiger charge is 2.17. The summed E-state index contributed by atoms with van der Waals surface area (Å²) in [6.45, 7) is 1.85. The van der Waals surface area contributed by atoms with Gasteiger partial charge in [-0.25, -0.2) is 9.97 Å². The summed E-state index contributed by atoms with van der Waals surface area (Å²) in [5, 5.41) is 10.1. The number of hydrogen-bond donors (Lipinski definition) is 1. The van der Waals surface area contributed by atoms with Crippen molar-refractivity contribution >= 4 is 45.0 Å². The molecule has 19 heavy (non-hydrogen) atoms. The maximum Gasteiger partial charge on any atom is 0.269 e. The number of thiophene rings is 1. The third-order valence-corrected chi connectivity index (χ3v) is 5.00. The van der Waals surface area contributed by atoms with Crippen molar-refractivity contribution in [1.29, 1.82) is 0 Å². The van der Waals surface area contributed by atoms with Crippen molar-refractivity contribution in [2.45, 2.75) is 6.92 Å². The van der Waals surface area contributed by atoms with Crippen LogP contribution in [0.1, 0.15) is 15.4 Å². The van der Waals surface area contributed by atoms with Gasteiger partial charge in [-0.1, -0.05) is 0 Å². The maximum absolute atomic E-state index is 12.1. The van der Waals surface area contributed by atoms with Crippen molar-refractivity contribution in [3.8, 4) is 10.6 Å². The van der Waals surface area contributed by atoms with E-state index < -0.39 is 0 Å². The van der Waals surface area contributed by atoms with Crippen molar-refractivity contribution in [2.75, 3.05) is 5.32 Å². The van der Waals surface area contributed by atoms with Gasteiger partial charge in [0.2, 0.25) is 0 Å². The largest absolute Gasteiger partial charge is 0.297 e. The molecule has 96 valence electrons. The van der Waals surface area contributed by atoms with Gasteiger partial charge in [0.05, 0.1) is 5.69 Å². The monoisotopic (exact) mass is 307 g/mol. The molecule has 1 amide bonds. The standard InChI is InChI=1S/C12H9N3OS3/c1-7-9(10(16)15-12-13-3-5-18-12)19-11(14-7)8-2-4-17-6-8/h2-6H,1H3,(H,13,15,16). The molecule has 0 aliphatic heterocycles. The van der Waals surface area contributed by atoms with Crippen LogP contribution in [0.5, 0.6) is 0 Å². The number of carbonyl (C=O) groups excluding carboxylic acids is 1. The van der Waals surface area contributed by atoms with Gasteiger partial charge in [0.25, 0.3) is 5.91 Å². The van der Waals surface area contributed by atoms with E-state index in [1.807, 2.05) is 29.1 Å². The van der Waals surface area contributed by atoms with Gasteiger partial charge in [-0.2, -0.15) is 11.3 Å². The van der Waals surface area contributed by atoms with Crippen LogP contribution >= 0.6 is 34.0 Å². The molecule has 1 N–H and O–H groups in total. The average molecular weight is 307 g/mol. The van der Waals surface area contributed by atoms with E-state index >= 15 is 0 Å². The zero-order valence-corrected chi connectivity index (χ0v) is 12.4. The van der Waals surface area contributed by atoms with Crippen LogP contribution in [0, 0.1) is 6.92 Å². The fourth-order valence-electron chi connectivity index (χ4n) is 1.56. The van der Waals surface area contributed by atoms with Crippen LogP contribution < -0.4 is 5.32 Å².